The Morgan fingerprint density at radius 1 is 1.17 bits per heavy atom. The van der Waals surface area contributed by atoms with Crippen LogP contribution >= 0.6 is 0 Å². The summed E-state index contributed by atoms with van der Waals surface area (Å²) in [6.45, 7) is 2.15. The normalized spacial score (nSPS) is 10.9. The summed E-state index contributed by atoms with van der Waals surface area (Å²) in [5.74, 6) is 0. The van der Waals surface area contributed by atoms with Crippen molar-refractivity contribution in [2.75, 3.05) is 5.73 Å². The number of fused-ring (bicyclic) bond motifs is 1. The number of anilines is 1. The fourth-order valence-corrected chi connectivity index (χ4v) is 2.09. The van der Waals surface area contributed by atoms with Gasteiger partial charge in [0.15, 0.2) is 5.65 Å². The third-order valence-electron chi connectivity index (χ3n) is 3.17. The lowest BCUT2D eigenvalue weighted by Gasteiger charge is -1.98. The Hall–Kier alpha value is -2.29. The molecule has 0 aliphatic rings. The predicted octanol–water partition coefficient (Wildman–Crippen LogP) is 3.15. The minimum Gasteiger partial charge on any atom is -0.396 e. The van der Waals surface area contributed by atoms with E-state index in [4.69, 9.17) is 5.73 Å². The van der Waals surface area contributed by atoms with Gasteiger partial charge in [-0.05, 0) is 24.1 Å². The molecule has 0 radical (unpaired) electrons. The van der Waals surface area contributed by atoms with Gasteiger partial charge < -0.3 is 10.1 Å². The zero-order valence-corrected chi connectivity index (χ0v) is 10.3. The first kappa shape index (κ1) is 10.8. The van der Waals surface area contributed by atoms with Gasteiger partial charge in [0.25, 0.3) is 0 Å². The van der Waals surface area contributed by atoms with Crippen LogP contribution < -0.4 is 5.73 Å². The lowest BCUT2D eigenvalue weighted by Crippen LogP contribution is -1.90. The number of hydrogen-bond acceptors (Lipinski definition) is 2. The lowest BCUT2D eigenvalue weighted by molar-refractivity contribution is 1.14. The summed E-state index contributed by atoms with van der Waals surface area (Å²) in [5.41, 5.74) is 10.8. The van der Waals surface area contributed by atoms with Crippen LogP contribution in [-0.2, 0) is 6.42 Å². The summed E-state index contributed by atoms with van der Waals surface area (Å²) in [6, 6.07) is 12.3. The Balaban J connectivity index is 2.10. The Bertz CT molecular complexity index is 681. The molecule has 0 saturated heterocycles. The van der Waals surface area contributed by atoms with Crippen molar-refractivity contribution < 1.29 is 0 Å². The van der Waals surface area contributed by atoms with E-state index in [1.54, 1.807) is 0 Å². The third kappa shape index (κ3) is 1.74. The topological polar surface area (TPSA) is 43.3 Å². The number of nitrogens with zero attached hydrogens (tertiary/aromatic N) is 2. The molecule has 2 heterocycles. The fourth-order valence-electron chi connectivity index (χ4n) is 2.09. The SMILES string of the molecule is CCc1ccc(-c2cn3cccc(N)c3n2)cc1. The monoisotopic (exact) mass is 237 g/mol. The fraction of sp³-hybridized carbons (Fsp3) is 0.133. The van der Waals surface area contributed by atoms with Crippen molar-refractivity contribution in [2.45, 2.75) is 13.3 Å². The van der Waals surface area contributed by atoms with E-state index < -0.39 is 0 Å². The number of hydrogen-bond donors (Lipinski definition) is 1. The van der Waals surface area contributed by atoms with Crippen molar-refractivity contribution in [1.82, 2.24) is 9.38 Å². The van der Waals surface area contributed by atoms with Gasteiger partial charge in [-0.25, -0.2) is 4.98 Å². The first-order valence-electron chi connectivity index (χ1n) is 6.10. The molecule has 0 aliphatic heterocycles. The van der Waals surface area contributed by atoms with E-state index >= 15 is 0 Å². The highest BCUT2D eigenvalue weighted by Crippen LogP contribution is 2.22. The van der Waals surface area contributed by atoms with Crippen LogP contribution in [0, 0.1) is 0 Å². The quantitative estimate of drug-likeness (QED) is 0.744. The largest absolute Gasteiger partial charge is 0.396 e. The van der Waals surface area contributed by atoms with Crippen LogP contribution in [0.4, 0.5) is 5.69 Å². The van der Waals surface area contributed by atoms with Gasteiger partial charge in [0.05, 0.1) is 11.4 Å². The maximum Gasteiger partial charge on any atom is 0.160 e. The highest BCUT2D eigenvalue weighted by Gasteiger charge is 2.05. The second kappa shape index (κ2) is 4.18. The molecule has 0 atom stereocenters. The number of aryl methyl sites for hydroxylation is 1. The molecule has 0 aliphatic carbocycles. The predicted molar refractivity (Wildman–Crippen MR) is 74.4 cm³/mol. The molecule has 0 fully saturated rings. The molecular formula is C15H15N3. The maximum absolute atomic E-state index is 5.91. The standard InChI is InChI=1S/C15H15N3/c1-2-11-5-7-12(8-6-11)14-10-18-9-3-4-13(16)15(18)17-14/h3-10H,2,16H2,1H3. The van der Waals surface area contributed by atoms with Crippen LogP contribution in [-0.4, -0.2) is 9.38 Å². The van der Waals surface area contributed by atoms with E-state index in [0.717, 1.165) is 23.3 Å². The molecule has 3 rings (SSSR count). The van der Waals surface area contributed by atoms with E-state index in [1.165, 1.54) is 5.56 Å². The summed E-state index contributed by atoms with van der Waals surface area (Å²) in [4.78, 5) is 4.58. The zero-order chi connectivity index (χ0) is 12.5. The van der Waals surface area contributed by atoms with Gasteiger partial charge in [-0.15, -0.1) is 0 Å². The van der Waals surface area contributed by atoms with Crippen LogP contribution in [0.5, 0.6) is 0 Å². The van der Waals surface area contributed by atoms with E-state index in [2.05, 4.69) is 36.2 Å². The van der Waals surface area contributed by atoms with Crippen molar-refractivity contribution >= 4 is 11.3 Å². The van der Waals surface area contributed by atoms with Crippen LogP contribution in [0.3, 0.4) is 0 Å². The molecule has 2 N–H and O–H groups in total. The molecule has 3 nitrogen and oxygen atoms in total. The molecule has 2 aromatic heterocycles. The van der Waals surface area contributed by atoms with Crippen LogP contribution in [0.15, 0.2) is 48.8 Å². The zero-order valence-electron chi connectivity index (χ0n) is 10.3. The van der Waals surface area contributed by atoms with Gasteiger partial charge in [0, 0.05) is 18.0 Å². The Kier molecular flexibility index (Phi) is 2.52. The number of benzene rings is 1. The third-order valence-corrected chi connectivity index (χ3v) is 3.17. The Labute approximate surface area is 106 Å². The summed E-state index contributed by atoms with van der Waals surface area (Å²) >= 11 is 0. The maximum atomic E-state index is 5.91. The second-order valence-electron chi connectivity index (χ2n) is 4.37. The van der Waals surface area contributed by atoms with E-state index in [-0.39, 0.29) is 0 Å². The Morgan fingerprint density at radius 3 is 2.61 bits per heavy atom. The summed E-state index contributed by atoms with van der Waals surface area (Å²) in [6.07, 6.45) is 5.02. The van der Waals surface area contributed by atoms with E-state index in [0.29, 0.717) is 5.69 Å². The van der Waals surface area contributed by atoms with Crippen LogP contribution in [0.25, 0.3) is 16.9 Å². The van der Waals surface area contributed by atoms with Gasteiger partial charge >= 0.3 is 0 Å². The van der Waals surface area contributed by atoms with Gasteiger partial charge in [-0.3, -0.25) is 0 Å². The minimum atomic E-state index is 0.703. The number of imidazole rings is 1. The van der Waals surface area contributed by atoms with Gasteiger partial charge in [-0.2, -0.15) is 0 Å². The van der Waals surface area contributed by atoms with Gasteiger partial charge in [0.1, 0.15) is 0 Å². The van der Waals surface area contributed by atoms with E-state index in [9.17, 15) is 0 Å². The molecule has 3 aromatic rings. The van der Waals surface area contributed by atoms with Crippen LogP contribution in [0.1, 0.15) is 12.5 Å². The summed E-state index contributed by atoms with van der Waals surface area (Å²) in [7, 11) is 0. The Morgan fingerprint density at radius 2 is 1.94 bits per heavy atom. The highest BCUT2D eigenvalue weighted by molar-refractivity contribution is 5.70. The number of nitrogen functional groups attached to an aromatic ring is 1. The highest BCUT2D eigenvalue weighted by atomic mass is 15.0. The molecule has 1 aromatic carbocycles. The average molecular weight is 237 g/mol. The second-order valence-corrected chi connectivity index (χ2v) is 4.37. The number of aromatic nitrogens is 2. The molecule has 3 heteroatoms. The first-order chi connectivity index (χ1) is 8.78. The van der Waals surface area contributed by atoms with Gasteiger partial charge in [0.2, 0.25) is 0 Å². The van der Waals surface area contributed by atoms with Crippen molar-refractivity contribution in [3.8, 4) is 11.3 Å². The molecular weight excluding hydrogens is 222 g/mol. The van der Waals surface area contributed by atoms with Crippen LogP contribution in [0.2, 0.25) is 0 Å². The van der Waals surface area contributed by atoms with Crippen molar-refractivity contribution in [2.24, 2.45) is 0 Å². The smallest absolute Gasteiger partial charge is 0.160 e. The number of rotatable bonds is 2. The first-order valence-corrected chi connectivity index (χ1v) is 6.10. The molecule has 0 bridgehead atoms. The minimum absolute atomic E-state index is 0.703. The van der Waals surface area contributed by atoms with E-state index in [1.807, 2.05) is 28.9 Å². The molecule has 18 heavy (non-hydrogen) atoms. The summed E-state index contributed by atoms with van der Waals surface area (Å²) < 4.78 is 1.96. The number of nitrogens with two attached hydrogens (primary N) is 1. The van der Waals surface area contributed by atoms with Gasteiger partial charge in [-0.1, -0.05) is 31.2 Å². The van der Waals surface area contributed by atoms with Crippen molar-refractivity contribution in [3.63, 3.8) is 0 Å². The van der Waals surface area contributed by atoms with Crippen molar-refractivity contribution in [3.05, 3.63) is 54.4 Å². The molecule has 0 unspecified atom stereocenters. The molecule has 0 saturated carbocycles. The molecule has 90 valence electrons. The molecule has 0 spiro atoms. The lowest BCUT2D eigenvalue weighted by atomic mass is 10.1. The average Bonchev–Trinajstić information content (AvgIpc) is 2.84. The van der Waals surface area contributed by atoms with Crippen molar-refractivity contribution in [1.29, 1.82) is 0 Å². The number of pyridine rings is 1. The molecule has 0 amide bonds. The summed E-state index contributed by atoms with van der Waals surface area (Å²) in [5, 5.41) is 0.